The molecule has 0 unspecified atom stereocenters. The fourth-order valence-corrected chi connectivity index (χ4v) is 7.41. The van der Waals surface area contributed by atoms with E-state index in [1.165, 1.54) is 5.57 Å². The molecular weight excluding hydrogens is 352 g/mol. The van der Waals surface area contributed by atoms with Crippen molar-refractivity contribution in [2.45, 2.75) is 70.8 Å². The normalized spacial score (nSPS) is 45.2. The molecule has 0 heterocycles. The van der Waals surface area contributed by atoms with Crippen molar-refractivity contribution in [3.8, 4) is 0 Å². The van der Waals surface area contributed by atoms with Crippen LogP contribution in [-0.4, -0.2) is 27.6 Å². The number of carboxylic acid groups (broad SMARTS) is 1. The van der Waals surface area contributed by atoms with Crippen molar-refractivity contribution in [2.75, 3.05) is 0 Å². The molecule has 4 rings (SSSR count). The van der Waals surface area contributed by atoms with Crippen LogP contribution in [0.25, 0.3) is 0 Å². The maximum absolute atomic E-state index is 12.3. The Morgan fingerprint density at radius 3 is 2.54 bits per heavy atom. The average Bonchev–Trinajstić information content (AvgIpc) is 2.91. The van der Waals surface area contributed by atoms with Gasteiger partial charge in [0.05, 0.1) is 5.60 Å². The van der Waals surface area contributed by atoms with Crippen LogP contribution in [0.5, 0.6) is 0 Å². The van der Waals surface area contributed by atoms with E-state index in [0.29, 0.717) is 36.2 Å². The number of ketones is 1. The third-order valence-electron chi connectivity index (χ3n) is 9.26. The van der Waals surface area contributed by atoms with Crippen molar-refractivity contribution in [1.82, 2.24) is 0 Å². The van der Waals surface area contributed by atoms with Gasteiger partial charge in [-0.1, -0.05) is 32.6 Å². The number of aliphatic hydroxyl groups is 1. The smallest absolute Gasteiger partial charge is 0.303 e. The molecular formula is C24H32O4. The van der Waals surface area contributed by atoms with Crippen molar-refractivity contribution < 1.29 is 19.8 Å². The van der Waals surface area contributed by atoms with Gasteiger partial charge in [-0.3, -0.25) is 9.59 Å². The minimum atomic E-state index is -0.888. The highest BCUT2D eigenvalue weighted by atomic mass is 16.4. The minimum absolute atomic E-state index is 0.000449. The van der Waals surface area contributed by atoms with Crippen molar-refractivity contribution >= 4 is 11.8 Å². The molecule has 4 aliphatic carbocycles. The second kappa shape index (κ2) is 6.16. The molecule has 0 bridgehead atoms. The zero-order valence-corrected chi connectivity index (χ0v) is 17.1. The summed E-state index contributed by atoms with van der Waals surface area (Å²) in [7, 11) is 0. The molecule has 152 valence electrons. The standard InChI is InChI=1S/C24H32O4/c1-14-15(2)23(4)16(13-20(14)25)5-6-17-18-8-11-24(28,12-9-21(26)27)22(18,3)10-7-19(17)23/h13,17-19,28H,1-2,5-12H2,3-4H3,(H,26,27)/t17-,18-,19-,22-,23-,24+/m0/s1. The van der Waals surface area contributed by atoms with Crippen LogP contribution < -0.4 is 0 Å². The van der Waals surface area contributed by atoms with Crippen LogP contribution in [0, 0.1) is 28.6 Å². The molecule has 0 aliphatic heterocycles. The molecule has 0 aromatic carbocycles. The Morgan fingerprint density at radius 1 is 1.18 bits per heavy atom. The van der Waals surface area contributed by atoms with E-state index < -0.39 is 11.6 Å². The molecule has 3 saturated carbocycles. The van der Waals surface area contributed by atoms with Gasteiger partial charge in [-0.15, -0.1) is 0 Å². The molecule has 4 aliphatic rings. The van der Waals surface area contributed by atoms with Gasteiger partial charge in [0, 0.05) is 17.4 Å². The SMILES string of the molecule is C=C1C(=C)[C@@]2(C)C(=CC1=O)CC[C@@H]1[C@@H]2CC[C@@]2(C)[C@H]1CC[C@@]2(O)CCC(=O)O. The van der Waals surface area contributed by atoms with E-state index in [1.54, 1.807) is 6.08 Å². The molecule has 6 atom stereocenters. The first-order valence-corrected chi connectivity index (χ1v) is 10.6. The molecule has 3 fully saturated rings. The topological polar surface area (TPSA) is 74.6 Å². The van der Waals surface area contributed by atoms with Crippen LogP contribution in [0.1, 0.15) is 65.2 Å². The quantitative estimate of drug-likeness (QED) is 0.705. The van der Waals surface area contributed by atoms with Gasteiger partial charge >= 0.3 is 5.97 Å². The molecule has 0 spiro atoms. The van der Waals surface area contributed by atoms with Crippen LogP contribution in [0.15, 0.2) is 36.0 Å². The number of hydrogen-bond acceptors (Lipinski definition) is 3. The summed E-state index contributed by atoms with van der Waals surface area (Å²) in [5.41, 5.74) is 1.30. The third kappa shape index (κ3) is 2.39. The summed E-state index contributed by atoms with van der Waals surface area (Å²) < 4.78 is 0. The lowest BCUT2D eigenvalue weighted by molar-refractivity contribution is -0.145. The maximum atomic E-state index is 12.3. The highest BCUT2D eigenvalue weighted by Gasteiger charge is 2.64. The second-order valence-electron chi connectivity index (χ2n) is 10.0. The Bertz CT molecular complexity index is 807. The summed E-state index contributed by atoms with van der Waals surface area (Å²) in [6, 6.07) is 0. The van der Waals surface area contributed by atoms with Crippen LogP contribution in [0.4, 0.5) is 0 Å². The van der Waals surface area contributed by atoms with Gasteiger partial charge in [-0.2, -0.15) is 0 Å². The van der Waals surface area contributed by atoms with Gasteiger partial charge in [0.25, 0.3) is 0 Å². The number of carbonyl (C=O) groups is 2. The second-order valence-corrected chi connectivity index (χ2v) is 10.0. The summed E-state index contributed by atoms with van der Waals surface area (Å²) in [5.74, 6) is 0.431. The molecule has 0 saturated heterocycles. The van der Waals surface area contributed by atoms with Gasteiger partial charge in [-0.25, -0.2) is 0 Å². The zero-order chi connectivity index (χ0) is 20.5. The molecule has 0 amide bonds. The zero-order valence-electron chi connectivity index (χ0n) is 17.1. The van der Waals surface area contributed by atoms with Gasteiger partial charge in [0.1, 0.15) is 0 Å². The molecule has 4 nitrogen and oxygen atoms in total. The van der Waals surface area contributed by atoms with Crippen molar-refractivity contribution in [2.24, 2.45) is 28.6 Å². The van der Waals surface area contributed by atoms with E-state index in [0.717, 1.165) is 37.7 Å². The molecule has 2 N–H and O–H groups in total. The molecule has 0 radical (unpaired) electrons. The van der Waals surface area contributed by atoms with E-state index in [2.05, 4.69) is 27.0 Å². The number of rotatable bonds is 3. The maximum Gasteiger partial charge on any atom is 0.303 e. The van der Waals surface area contributed by atoms with Gasteiger partial charge in [0.2, 0.25) is 0 Å². The van der Waals surface area contributed by atoms with E-state index in [9.17, 15) is 14.7 Å². The predicted octanol–water partition coefficient (Wildman–Crippen LogP) is 4.45. The number of carbonyl (C=O) groups excluding carboxylic acids is 1. The Labute approximate surface area is 167 Å². The average molecular weight is 385 g/mol. The lowest BCUT2D eigenvalue weighted by Gasteiger charge is -2.59. The summed E-state index contributed by atoms with van der Waals surface area (Å²) in [6.45, 7) is 12.7. The van der Waals surface area contributed by atoms with Crippen LogP contribution in [0.2, 0.25) is 0 Å². The van der Waals surface area contributed by atoms with E-state index in [1.807, 2.05) is 0 Å². The minimum Gasteiger partial charge on any atom is -0.481 e. The Balaban J connectivity index is 1.67. The molecule has 4 heteroatoms. The van der Waals surface area contributed by atoms with Crippen LogP contribution >= 0.6 is 0 Å². The first kappa shape index (κ1) is 19.6. The Kier molecular flexibility index (Phi) is 4.32. The molecule has 28 heavy (non-hydrogen) atoms. The number of aliphatic carboxylic acids is 1. The number of carboxylic acids is 1. The first-order valence-electron chi connectivity index (χ1n) is 10.6. The number of hydrogen-bond donors (Lipinski definition) is 2. The number of fused-ring (bicyclic) bond motifs is 5. The van der Waals surface area contributed by atoms with Crippen LogP contribution in [0.3, 0.4) is 0 Å². The summed E-state index contributed by atoms with van der Waals surface area (Å²) in [6.07, 6.45) is 7.62. The predicted molar refractivity (Wildman–Crippen MR) is 108 cm³/mol. The molecule has 0 aromatic heterocycles. The highest BCUT2D eigenvalue weighted by molar-refractivity contribution is 6.09. The Morgan fingerprint density at radius 2 is 1.86 bits per heavy atom. The highest BCUT2D eigenvalue weighted by Crippen LogP contribution is 2.68. The lowest BCUT2D eigenvalue weighted by atomic mass is 9.45. The monoisotopic (exact) mass is 384 g/mol. The third-order valence-corrected chi connectivity index (χ3v) is 9.26. The van der Waals surface area contributed by atoms with Crippen molar-refractivity contribution in [1.29, 1.82) is 0 Å². The number of allylic oxidation sites excluding steroid dienone is 3. The fraction of sp³-hybridized carbons (Fsp3) is 0.667. The van der Waals surface area contributed by atoms with Crippen molar-refractivity contribution in [3.05, 3.63) is 36.0 Å². The fourth-order valence-electron chi connectivity index (χ4n) is 7.41. The molecule has 0 aromatic rings. The van der Waals surface area contributed by atoms with E-state index >= 15 is 0 Å². The first-order chi connectivity index (χ1) is 13.0. The summed E-state index contributed by atoms with van der Waals surface area (Å²) in [4.78, 5) is 23.4. The lowest BCUT2D eigenvalue weighted by Crippen LogP contribution is -2.55. The Hall–Kier alpha value is -1.68. The van der Waals surface area contributed by atoms with Crippen LogP contribution in [-0.2, 0) is 9.59 Å². The summed E-state index contributed by atoms with van der Waals surface area (Å²) >= 11 is 0. The summed E-state index contributed by atoms with van der Waals surface area (Å²) in [5, 5.41) is 20.6. The van der Waals surface area contributed by atoms with Gasteiger partial charge < -0.3 is 10.2 Å². The van der Waals surface area contributed by atoms with Gasteiger partial charge in [0.15, 0.2) is 5.78 Å². The van der Waals surface area contributed by atoms with Crippen molar-refractivity contribution in [3.63, 3.8) is 0 Å². The largest absolute Gasteiger partial charge is 0.481 e. The van der Waals surface area contributed by atoms with E-state index in [4.69, 9.17) is 5.11 Å². The van der Waals surface area contributed by atoms with Gasteiger partial charge in [-0.05, 0) is 79.8 Å². The van der Waals surface area contributed by atoms with E-state index in [-0.39, 0.29) is 23.0 Å².